The number of para-hydroxylation sites is 1. The molecule has 2 aromatic rings. The maximum atomic E-state index is 12.6. The molecule has 3 rings (SSSR count). The zero-order chi connectivity index (χ0) is 19.4. The van der Waals surface area contributed by atoms with Crippen LogP contribution in [0.15, 0.2) is 34.9 Å². The molecule has 27 heavy (non-hydrogen) atoms. The number of carbonyl (C=O) groups excluding carboxylic acids is 1. The minimum atomic E-state index is 0.0476. The molecule has 1 aliphatic rings. The molecule has 0 saturated heterocycles. The van der Waals surface area contributed by atoms with E-state index in [0.29, 0.717) is 12.0 Å². The minimum Gasteiger partial charge on any atom is -0.362 e. The van der Waals surface area contributed by atoms with Gasteiger partial charge in [0.1, 0.15) is 5.82 Å². The molecule has 7 heteroatoms. The van der Waals surface area contributed by atoms with Gasteiger partial charge in [-0.15, -0.1) is 0 Å². The highest BCUT2D eigenvalue weighted by Gasteiger charge is 2.27. The number of carbonyl (C=O) groups is 1. The van der Waals surface area contributed by atoms with Gasteiger partial charge >= 0.3 is 0 Å². The zero-order valence-electron chi connectivity index (χ0n) is 16.0. The van der Waals surface area contributed by atoms with Gasteiger partial charge in [-0.05, 0) is 60.7 Å². The fourth-order valence-electron chi connectivity index (χ4n) is 3.44. The van der Waals surface area contributed by atoms with E-state index in [0.717, 1.165) is 47.2 Å². The van der Waals surface area contributed by atoms with E-state index in [2.05, 4.69) is 36.5 Å². The van der Waals surface area contributed by atoms with E-state index in [1.165, 1.54) is 0 Å². The Morgan fingerprint density at radius 1 is 1.19 bits per heavy atom. The van der Waals surface area contributed by atoms with Gasteiger partial charge in [-0.25, -0.2) is 4.98 Å². The van der Waals surface area contributed by atoms with Crippen molar-refractivity contribution in [1.29, 1.82) is 0 Å². The first kappa shape index (κ1) is 19.6. The van der Waals surface area contributed by atoms with Gasteiger partial charge in [-0.2, -0.15) is 4.98 Å². The number of anilines is 3. The van der Waals surface area contributed by atoms with Gasteiger partial charge in [0.05, 0.1) is 5.69 Å². The van der Waals surface area contributed by atoms with Gasteiger partial charge in [0, 0.05) is 42.3 Å². The second kappa shape index (κ2) is 8.69. The van der Waals surface area contributed by atoms with Crippen LogP contribution in [0, 0.1) is 12.8 Å². The summed E-state index contributed by atoms with van der Waals surface area (Å²) in [5, 5.41) is 6.47. The van der Waals surface area contributed by atoms with Crippen LogP contribution in [0.2, 0.25) is 0 Å². The highest BCUT2D eigenvalue weighted by Crippen LogP contribution is 2.29. The molecule has 1 aliphatic carbocycles. The van der Waals surface area contributed by atoms with E-state index in [9.17, 15) is 4.79 Å². The predicted octanol–water partition coefficient (Wildman–Crippen LogP) is 4.22. The number of aryl methyl sites for hydroxylation is 1. The van der Waals surface area contributed by atoms with E-state index in [-0.39, 0.29) is 11.8 Å². The second-order valence-corrected chi connectivity index (χ2v) is 8.11. The summed E-state index contributed by atoms with van der Waals surface area (Å²) in [6.45, 7) is 2.01. The average Bonchev–Trinajstić information content (AvgIpc) is 2.65. The Balaban J connectivity index is 1.54. The van der Waals surface area contributed by atoms with Crippen molar-refractivity contribution in [3.63, 3.8) is 0 Å². The Labute approximate surface area is 168 Å². The van der Waals surface area contributed by atoms with E-state index >= 15 is 0 Å². The Kier molecular flexibility index (Phi) is 6.31. The van der Waals surface area contributed by atoms with Crippen molar-refractivity contribution in [2.75, 3.05) is 29.6 Å². The SMILES string of the molecule is Cc1cnc(N[C@H]2CC[C@@H](C(=O)Nc3ccccc3Br)CC2)nc1N(C)C. The lowest BCUT2D eigenvalue weighted by atomic mass is 9.85. The number of nitrogens with one attached hydrogen (secondary N) is 2. The van der Waals surface area contributed by atoms with Crippen molar-refractivity contribution in [3.05, 3.63) is 40.5 Å². The van der Waals surface area contributed by atoms with Crippen LogP contribution in [0.25, 0.3) is 0 Å². The van der Waals surface area contributed by atoms with Gasteiger partial charge < -0.3 is 15.5 Å². The smallest absolute Gasteiger partial charge is 0.227 e. The predicted molar refractivity (Wildman–Crippen MR) is 113 cm³/mol. The monoisotopic (exact) mass is 431 g/mol. The molecule has 1 aromatic carbocycles. The number of amides is 1. The van der Waals surface area contributed by atoms with Crippen LogP contribution >= 0.6 is 15.9 Å². The molecule has 144 valence electrons. The molecule has 1 saturated carbocycles. The van der Waals surface area contributed by atoms with Crippen LogP contribution < -0.4 is 15.5 Å². The van der Waals surface area contributed by atoms with Crippen molar-refractivity contribution >= 4 is 39.3 Å². The molecule has 6 nitrogen and oxygen atoms in total. The quantitative estimate of drug-likeness (QED) is 0.741. The summed E-state index contributed by atoms with van der Waals surface area (Å²) in [7, 11) is 3.96. The molecular weight excluding hydrogens is 406 g/mol. The summed E-state index contributed by atoms with van der Waals surface area (Å²) in [6, 6.07) is 8.00. The standard InChI is InChI=1S/C20H26BrN5O/c1-13-12-22-20(25-18(13)26(2)3)23-15-10-8-14(9-11-15)19(27)24-17-7-5-4-6-16(17)21/h4-7,12,14-15H,8-11H2,1-3H3,(H,24,27)(H,22,23,25)/t14-,15+. The summed E-state index contributed by atoms with van der Waals surface area (Å²) >= 11 is 3.47. The summed E-state index contributed by atoms with van der Waals surface area (Å²) < 4.78 is 0.905. The first-order valence-electron chi connectivity index (χ1n) is 9.27. The Bertz CT molecular complexity index is 803. The van der Waals surface area contributed by atoms with E-state index in [1.54, 1.807) is 0 Å². The van der Waals surface area contributed by atoms with Crippen molar-refractivity contribution in [3.8, 4) is 0 Å². The van der Waals surface area contributed by atoms with Crippen molar-refractivity contribution < 1.29 is 4.79 Å². The highest BCUT2D eigenvalue weighted by atomic mass is 79.9. The molecule has 0 spiro atoms. The molecule has 1 amide bonds. The number of aromatic nitrogens is 2. The Hall–Kier alpha value is -2.15. The molecule has 2 N–H and O–H groups in total. The first-order chi connectivity index (χ1) is 12.9. The van der Waals surface area contributed by atoms with E-state index in [4.69, 9.17) is 0 Å². The lowest BCUT2D eigenvalue weighted by molar-refractivity contribution is -0.120. The highest BCUT2D eigenvalue weighted by molar-refractivity contribution is 9.10. The average molecular weight is 432 g/mol. The zero-order valence-corrected chi connectivity index (χ0v) is 17.6. The van der Waals surface area contributed by atoms with Gasteiger partial charge in [0.15, 0.2) is 0 Å². The summed E-state index contributed by atoms with van der Waals surface area (Å²) in [6.07, 6.45) is 5.44. The summed E-state index contributed by atoms with van der Waals surface area (Å²) in [5.74, 6) is 1.73. The number of benzene rings is 1. The molecule has 0 aliphatic heterocycles. The molecular formula is C20H26BrN5O. The lowest BCUT2D eigenvalue weighted by Gasteiger charge is -2.28. The Morgan fingerprint density at radius 3 is 2.56 bits per heavy atom. The largest absolute Gasteiger partial charge is 0.362 e. The molecule has 1 fully saturated rings. The normalized spacial score (nSPS) is 19.4. The fraction of sp³-hybridized carbons (Fsp3) is 0.450. The molecule has 1 aromatic heterocycles. The molecule has 0 radical (unpaired) electrons. The van der Waals surface area contributed by atoms with Crippen LogP contribution in [0.4, 0.5) is 17.5 Å². The Morgan fingerprint density at radius 2 is 1.89 bits per heavy atom. The maximum Gasteiger partial charge on any atom is 0.227 e. The van der Waals surface area contributed by atoms with Gasteiger partial charge in [-0.3, -0.25) is 4.79 Å². The summed E-state index contributed by atoms with van der Waals surface area (Å²) in [5.41, 5.74) is 1.88. The van der Waals surface area contributed by atoms with Crippen LogP contribution in [-0.4, -0.2) is 36.0 Å². The minimum absolute atomic E-state index is 0.0476. The molecule has 0 bridgehead atoms. The van der Waals surface area contributed by atoms with Crippen molar-refractivity contribution in [1.82, 2.24) is 9.97 Å². The number of halogens is 1. The maximum absolute atomic E-state index is 12.6. The van der Waals surface area contributed by atoms with Crippen LogP contribution in [-0.2, 0) is 4.79 Å². The van der Waals surface area contributed by atoms with E-state index < -0.39 is 0 Å². The number of hydrogen-bond donors (Lipinski definition) is 2. The third kappa shape index (κ3) is 4.97. The van der Waals surface area contributed by atoms with Gasteiger partial charge in [0.25, 0.3) is 0 Å². The topological polar surface area (TPSA) is 70.1 Å². The summed E-state index contributed by atoms with van der Waals surface area (Å²) in [4.78, 5) is 23.6. The lowest BCUT2D eigenvalue weighted by Crippen LogP contribution is -2.32. The third-order valence-corrected chi connectivity index (χ3v) is 5.62. The van der Waals surface area contributed by atoms with Crippen molar-refractivity contribution in [2.45, 2.75) is 38.6 Å². The first-order valence-corrected chi connectivity index (χ1v) is 10.1. The van der Waals surface area contributed by atoms with Gasteiger partial charge in [-0.1, -0.05) is 12.1 Å². The fourth-order valence-corrected chi connectivity index (χ4v) is 3.82. The number of rotatable bonds is 5. The van der Waals surface area contributed by atoms with Crippen molar-refractivity contribution in [2.24, 2.45) is 5.92 Å². The third-order valence-electron chi connectivity index (χ3n) is 4.93. The molecule has 0 atom stereocenters. The van der Waals surface area contributed by atoms with E-state index in [1.807, 2.05) is 56.4 Å². The van der Waals surface area contributed by atoms with Gasteiger partial charge in [0.2, 0.25) is 11.9 Å². The van der Waals surface area contributed by atoms with Crippen LogP contribution in [0.3, 0.4) is 0 Å². The second-order valence-electron chi connectivity index (χ2n) is 7.26. The molecule has 0 unspecified atom stereocenters. The van der Waals surface area contributed by atoms with Crippen LogP contribution in [0.1, 0.15) is 31.2 Å². The van der Waals surface area contributed by atoms with Crippen LogP contribution in [0.5, 0.6) is 0 Å². The molecule has 1 heterocycles. The number of nitrogens with zero attached hydrogens (tertiary/aromatic N) is 3. The number of hydrogen-bond acceptors (Lipinski definition) is 5.